The summed E-state index contributed by atoms with van der Waals surface area (Å²) in [5.74, 6) is -2.18. The molecule has 1 N–H and O–H groups in total. The number of rotatable bonds is 4. The van der Waals surface area contributed by atoms with Crippen LogP contribution in [-0.4, -0.2) is 36.5 Å². The number of alkyl halides is 3. The van der Waals surface area contributed by atoms with Crippen molar-refractivity contribution in [2.24, 2.45) is 5.41 Å². The number of nitrogens with one attached hydrogen (secondary N) is 1. The predicted octanol–water partition coefficient (Wildman–Crippen LogP) is 4.23. The third-order valence-corrected chi connectivity index (χ3v) is 5.82. The second-order valence-corrected chi connectivity index (χ2v) is 7.62. The molecule has 31 heavy (non-hydrogen) atoms. The fourth-order valence-electron chi connectivity index (χ4n) is 4.52. The molecule has 2 heterocycles. The maximum Gasteiger partial charge on any atom is 0.418 e. The maximum absolute atomic E-state index is 13.5. The Kier molecular flexibility index (Phi) is 6.34. The second kappa shape index (κ2) is 8.51. The molecule has 1 fully saturated rings. The lowest BCUT2D eigenvalue weighted by atomic mass is 9.70. The van der Waals surface area contributed by atoms with E-state index in [4.69, 9.17) is 4.74 Å². The van der Waals surface area contributed by atoms with Gasteiger partial charge in [0.15, 0.2) is 5.41 Å². The first-order chi connectivity index (χ1) is 14.3. The molecule has 2 aromatic rings. The number of amides is 1. The van der Waals surface area contributed by atoms with E-state index in [1.165, 1.54) is 6.07 Å². The Morgan fingerprint density at radius 3 is 2.55 bits per heavy atom. The van der Waals surface area contributed by atoms with Crippen LogP contribution in [0.4, 0.5) is 18.9 Å². The quantitative estimate of drug-likeness (QED) is 0.555. The molecule has 2 aromatic carbocycles. The van der Waals surface area contributed by atoms with Gasteiger partial charge in [-0.2, -0.15) is 13.2 Å². The van der Waals surface area contributed by atoms with Crippen molar-refractivity contribution in [2.45, 2.75) is 25.6 Å². The number of anilines is 1. The van der Waals surface area contributed by atoms with Crippen molar-refractivity contribution >= 4 is 30.0 Å². The molecule has 1 amide bonds. The van der Waals surface area contributed by atoms with Gasteiger partial charge in [-0.3, -0.25) is 14.5 Å². The zero-order chi connectivity index (χ0) is 21.5. The number of carbonyl (C=O) groups is 2. The van der Waals surface area contributed by atoms with E-state index in [0.717, 1.165) is 11.6 Å². The van der Waals surface area contributed by atoms with Crippen LogP contribution in [0, 0.1) is 5.41 Å². The van der Waals surface area contributed by atoms with Crippen LogP contribution < -0.4 is 5.32 Å². The Morgan fingerprint density at radius 1 is 1.19 bits per heavy atom. The molecule has 166 valence electrons. The van der Waals surface area contributed by atoms with Gasteiger partial charge in [0.05, 0.1) is 17.9 Å². The molecule has 2 atom stereocenters. The smallest absolute Gasteiger partial charge is 0.418 e. The molecule has 2 aliphatic rings. The molecular formula is C22H22ClF3N2O3. The lowest BCUT2D eigenvalue weighted by molar-refractivity contribution is -0.159. The fraction of sp³-hybridized carbons (Fsp3) is 0.364. The summed E-state index contributed by atoms with van der Waals surface area (Å²) in [7, 11) is 0. The van der Waals surface area contributed by atoms with Crippen LogP contribution >= 0.6 is 12.4 Å². The van der Waals surface area contributed by atoms with Crippen LogP contribution in [0.1, 0.15) is 29.5 Å². The van der Waals surface area contributed by atoms with Gasteiger partial charge in [0, 0.05) is 25.6 Å². The highest BCUT2D eigenvalue weighted by atomic mass is 35.5. The molecule has 0 radical (unpaired) electrons. The first-order valence-electron chi connectivity index (χ1n) is 9.72. The molecule has 0 aromatic heterocycles. The Balaban J connectivity index is 0.00000272. The Bertz CT molecular complexity index is 984. The molecular weight excluding hydrogens is 433 g/mol. The van der Waals surface area contributed by atoms with E-state index in [-0.39, 0.29) is 37.8 Å². The minimum Gasteiger partial charge on any atom is -0.465 e. The van der Waals surface area contributed by atoms with Gasteiger partial charge in [-0.25, -0.2) is 0 Å². The lowest BCUT2D eigenvalue weighted by Crippen LogP contribution is -2.52. The number of para-hydroxylation sites is 1. The van der Waals surface area contributed by atoms with E-state index in [9.17, 15) is 22.8 Å². The number of hydrogen-bond donors (Lipinski definition) is 1. The van der Waals surface area contributed by atoms with E-state index < -0.39 is 34.9 Å². The second-order valence-electron chi connectivity index (χ2n) is 7.62. The van der Waals surface area contributed by atoms with Crippen molar-refractivity contribution in [1.29, 1.82) is 0 Å². The van der Waals surface area contributed by atoms with Crippen LogP contribution in [0.3, 0.4) is 0 Å². The van der Waals surface area contributed by atoms with Crippen molar-refractivity contribution in [3.05, 3.63) is 65.2 Å². The normalized spacial score (nSPS) is 22.7. The van der Waals surface area contributed by atoms with Gasteiger partial charge in [0.2, 0.25) is 5.91 Å². The molecule has 0 saturated carbocycles. The maximum atomic E-state index is 13.5. The topological polar surface area (TPSA) is 58.6 Å². The largest absolute Gasteiger partial charge is 0.465 e. The first-order valence-corrected chi connectivity index (χ1v) is 9.72. The highest BCUT2D eigenvalue weighted by molar-refractivity contribution is 6.13. The molecule has 4 rings (SSSR count). The molecule has 5 nitrogen and oxygen atoms in total. The predicted molar refractivity (Wildman–Crippen MR) is 111 cm³/mol. The minimum atomic E-state index is -4.62. The van der Waals surface area contributed by atoms with E-state index in [2.05, 4.69) is 5.32 Å². The van der Waals surface area contributed by atoms with Crippen LogP contribution in [0.5, 0.6) is 0 Å². The van der Waals surface area contributed by atoms with Crippen molar-refractivity contribution in [2.75, 3.05) is 25.0 Å². The summed E-state index contributed by atoms with van der Waals surface area (Å²) in [4.78, 5) is 28.0. The summed E-state index contributed by atoms with van der Waals surface area (Å²) in [6.07, 6.45) is -4.62. The Labute approximate surface area is 184 Å². The van der Waals surface area contributed by atoms with Crippen LogP contribution in [0.25, 0.3) is 0 Å². The summed E-state index contributed by atoms with van der Waals surface area (Å²) in [5, 5.41) is 2.38. The number of halogens is 4. The number of carbonyl (C=O) groups excluding carboxylic acids is 2. The average Bonchev–Trinajstić information content (AvgIpc) is 3.09. The number of hydrogen-bond acceptors (Lipinski definition) is 4. The number of ether oxygens (including phenoxy) is 1. The third kappa shape index (κ3) is 3.90. The van der Waals surface area contributed by atoms with Gasteiger partial charge in [0.1, 0.15) is 0 Å². The zero-order valence-electron chi connectivity index (χ0n) is 16.7. The van der Waals surface area contributed by atoms with Crippen molar-refractivity contribution in [3.63, 3.8) is 0 Å². The Hall–Kier alpha value is -2.58. The molecule has 0 aliphatic carbocycles. The number of esters is 1. The number of nitrogens with zero attached hydrogens (tertiary/aromatic N) is 1. The summed E-state index contributed by atoms with van der Waals surface area (Å²) in [6, 6.07) is 13.3. The number of likely N-dealkylation sites (tertiary alicyclic amines) is 1. The van der Waals surface area contributed by atoms with Gasteiger partial charge in [-0.1, -0.05) is 42.5 Å². The average molecular weight is 455 g/mol. The van der Waals surface area contributed by atoms with Crippen molar-refractivity contribution in [3.8, 4) is 0 Å². The van der Waals surface area contributed by atoms with Gasteiger partial charge in [-0.05, 0) is 24.1 Å². The van der Waals surface area contributed by atoms with Crippen molar-refractivity contribution in [1.82, 2.24) is 4.90 Å². The summed E-state index contributed by atoms with van der Waals surface area (Å²) in [5.41, 5.74) is -1.45. The highest BCUT2D eigenvalue weighted by Gasteiger charge is 2.62. The van der Waals surface area contributed by atoms with E-state index in [1.807, 2.05) is 35.2 Å². The molecule has 0 spiro atoms. The van der Waals surface area contributed by atoms with Gasteiger partial charge in [-0.15, -0.1) is 12.4 Å². The highest BCUT2D eigenvalue weighted by Crippen LogP contribution is 2.52. The number of fused-ring (bicyclic) bond motifs is 3. The molecule has 2 aliphatic heterocycles. The van der Waals surface area contributed by atoms with E-state index in [0.29, 0.717) is 12.1 Å². The molecule has 0 bridgehead atoms. The van der Waals surface area contributed by atoms with Crippen LogP contribution in [-0.2, 0) is 27.0 Å². The van der Waals surface area contributed by atoms with Crippen molar-refractivity contribution < 1.29 is 27.5 Å². The summed E-state index contributed by atoms with van der Waals surface area (Å²) in [6.45, 7) is 2.54. The van der Waals surface area contributed by atoms with Crippen LogP contribution in [0.2, 0.25) is 0 Å². The minimum absolute atomic E-state index is 0. The monoisotopic (exact) mass is 454 g/mol. The van der Waals surface area contributed by atoms with E-state index >= 15 is 0 Å². The zero-order valence-corrected chi connectivity index (χ0v) is 17.6. The van der Waals surface area contributed by atoms with Gasteiger partial charge >= 0.3 is 12.1 Å². The summed E-state index contributed by atoms with van der Waals surface area (Å²) < 4.78 is 45.8. The van der Waals surface area contributed by atoms with Gasteiger partial charge < -0.3 is 10.1 Å². The van der Waals surface area contributed by atoms with Gasteiger partial charge in [0.25, 0.3) is 0 Å². The third-order valence-electron chi connectivity index (χ3n) is 5.82. The standard InChI is InChI=1S/C22H21F3N2O3.ClH/c1-2-30-20(29)21-13-27(11-14-7-4-3-5-8-14)12-17(21)15-9-6-10-16(22(23,24)25)18(15)26-19(21)28;/h3-10,17H,2,11-13H2,1H3,(H,26,28);1H/t17-,21+;/m0./s1. The summed E-state index contributed by atoms with van der Waals surface area (Å²) >= 11 is 0. The van der Waals surface area contributed by atoms with Crippen LogP contribution in [0.15, 0.2) is 48.5 Å². The fourth-order valence-corrected chi connectivity index (χ4v) is 4.52. The SMILES string of the molecule is CCOC(=O)[C@]12CN(Cc3ccccc3)C[C@H]1c1cccc(C(F)(F)F)c1NC2=O.Cl. The van der Waals surface area contributed by atoms with E-state index in [1.54, 1.807) is 13.0 Å². The first kappa shape index (κ1) is 23.1. The molecule has 9 heteroatoms. The molecule has 1 saturated heterocycles. The molecule has 0 unspecified atom stereocenters. The Morgan fingerprint density at radius 2 is 1.90 bits per heavy atom. The number of benzene rings is 2. The lowest BCUT2D eigenvalue weighted by Gasteiger charge is -2.37.